The zero-order chi connectivity index (χ0) is 21.4. The summed E-state index contributed by atoms with van der Waals surface area (Å²) in [5, 5.41) is 3.11. The summed E-state index contributed by atoms with van der Waals surface area (Å²) in [6.07, 6.45) is 3.16. The van der Waals surface area contributed by atoms with Gasteiger partial charge in [0.15, 0.2) is 6.61 Å². The van der Waals surface area contributed by atoms with Gasteiger partial charge in [-0.1, -0.05) is 26.3 Å². The van der Waals surface area contributed by atoms with Crippen LogP contribution in [0.15, 0.2) is 24.4 Å². The van der Waals surface area contributed by atoms with Crippen LogP contribution in [0.1, 0.15) is 58.5 Å². The van der Waals surface area contributed by atoms with Gasteiger partial charge in [-0.15, -0.1) is 11.3 Å². The van der Waals surface area contributed by atoms with Crippen molar-refractivity contribution in [1.82, 2.24) is 4.98 Å². The molecule has 0 saturated heterocycles. The first-order valence-corrected chi connectivity index (χ1v) is 10.4. The molecule has 2 aromatic heterocycles. The predicted molar refractivity (Wildman–Crippen MR) is 111 cm³/mol. The Labute approximate surface area is 174 Å². The van der Waals surface area contributed by atoms with E-state index in [2.05, 4.69) is 24.1 Å². The largest absolute Gasteiger partial charge is 0.462 e. The van der Waals surface area contributed by atoms with E-state index in [9.17, 15) is 14.4 Å². The summed E-state index contributed by atoms with van der Waals surface area (Å²) >= 11 is 1.32. The Morgan fingerprint density at radius 2 is 1.93 bits per heavy atom. The van der Waals surface area contributed by atoms with Crippen molar-refractivity contribution in [3.63, 3.8) is 0 Å². The molecule has 0 fully saturated rings. The van der Waals surface area contributed by atoms with Gasteiger partial charge < -0.3 is 14.8 Å². The SMILES string of the molecule is CCOC(=O)c1c(NC(=O)COC(=O)c2ccccn2)sc(C)c1C[C@H](C)CC. The fraction of sp³-hybridized carbons (Fsp3) is 0.429. The molecule has 2 rings (SSSR count). The van der Waals surface area contributed by atoms with Gasteiger partial charge in [-0.25, -0.2) is 14.6 Å². The fourth-order valence-corrected chi connectivity index (χ4v) is 3.76. The van der Waals surface area contributed by atoms with Crippen molar-refractivity contribution in [3.05, 3.63) is 46.1 Å². The molecule has 8 heteroatoms. The quantitative estimate of drug-likeness (QED) is 0.618. The van der Waals surface area contributed by atoms with Gasteiger partial charge in [0, 0.05) is 11.1 Å². The van der Waals surface area contributed by atoms with Crippen molar-refractivity contribution in [2.75, 3.05) is 18.5 Å². The molecule has 0 aliphatic rings. The smallest absolute Gasteiger partial charge is 0.357 e. The average Bonchev–Trinajstić information content (AvgIpc) is 3.01. The molecular formula is C21H26N2O5S. The van der Waals surface area contributed by atoms with Crippen molar-refractivity contribution >= 4 is 34.2 Å². The minimum Gasteiger partial charge on any atom is -0.462 e. The summed E-state index contributed by atoms with van der Waals surface area (Å²) in [4.78, 5) is 41.6. The lowest BCUT2D eigenvalue weighted by molar-refractivity contribution is -0.119. The molecule has 2 aromatic rings. The van der Waals surface area contributed by atoms with E-state index in [1.807, 2.05) is 6.92 Å². The molecule has 1 amide bonds. The number of hydrogen-bond donors (Lipinski definition) is 1. The van der Waals surface area contributed by atoms with Crippen molar-refractivity contribution in [2.45, 2.75) is 40.5 Å². The third-order valence-electron chi connectivity index (χ3n) is 4.40. The van der Waals surface area contributed by atoms with E-state index in [-0.39, 0.29) is 12.3 Å². The van der Waals surface area contributed by atoms with Crippen molar-refractivity contribution in [3.8, 4) is 0 Å². The number of anilines is 1. The monoisotopic (exact) mass is 418 g/mol. The van der Waals surface area contributed by atoms with Crippen LogP contribution in [0.3, 0.4) is 0 Å². The molecule has 0 radical (unpaired) electrons. The third-order valence-corrected chi connectivity index (χ3v) is 5.46. The van der Waals surface area contributed by atoms with Gasteiger partial charge in [0.2, 0.25) is 0 Å². The number of rotatable bonds is 9. The van der Waals surface area contributed by atoms with E-state index in [1.54, 1.807) is 19.1 Å². The normalized spacial score (nSPS) is 11.6. The highest BCUT2D eigenvalue weighted by Gasteiger charge is 2.25. The summed E-state index contributed by atoms with van der Waals surface area (Å²) in [5.41, 5.74) is 1.40. The molecule has 1 N–H and O–H groups in total. The maximum absolute atomic E-state index is 12.5. The molecule has 0 aliphatic heterocycles. The van der Waals surface area contributed by atoms with E-state index in [4.69, 9.17) is 9.47 Å². The van der Waals surface area contributed by atoms with Gasteiger partial charge in [-0.3, -0.25) is 4.79 Å². The van der Waals surface area contributed by atoms with E-state index in [0.29, 0.717) is 16.5 Å². The number of aryl methyl sites for hydroxylation is 1. The lowest BCUT2D eigenvalue weighted by Crippen LogP contribution is -2.22. The van der Waals surface area contributed by atoms with E-state index >= 15 is 0 Å². The summed E-state index contributed by atoms with van der Waals surface area (Å²) in [6.45, 7) is 7.62. The van der Waals surface area contributed by atoms with Crippen LogP contribution in [0.25, 0.3) is 0 Å². The van der Waals surface area contributed by atoms with Crippen LogP contribution in [0, 0.1) is 12.8 Å². The number of pyridine rings is 1. The number of ether oxygens (including phenoxy) is 2. The number of nitrogens with one attached hydrogen (secondary N) is 1. The number of amides is 1. The fourth-order valence-electron chi connectivity index (χ4n) is 2.68. The highest BCUT2D eigenvalue weighted by Crippen LogP contribution is 2.35. The second-order valence-corrected chi connectivity index (χ2v) is 7.84. The van der Waals surface area contributed by atoms with Crippen LogP contribution in [-0.2, 0) is 20.7 Å². The zero-order valence-electron chi connectivity index (χ0n) is 17.1. The van der Waals surface area contributed by atoms with Gasteiger partial charge >= 0.3 is 11.9 Å². The molecule has 0 aromatic carbocycles. The Morgan fingerprint density at radius 3 is 2.55 bits per heavy atom. The van der Waals surface area contributed by atoms with Crippen LogP contribution in [0.4, 0.5) is 5.00 Å². The molecule has 2 heterocycles. The van der Waals surface area contributed by atoms with Crippen molar-refractivity contribution < 1.29 is 23.9 Å². The van der Waals surface area contributed by atoms with Crippen LogP contribution in [-0.4, -0.2) is 36.0 Å². The summed E-state index contributed by atoms with van der Waals surface area (Å²) in [6, 6.07) is 4.84. The number of hydrogen-bond acceptors (Lipinski definition) is 7. The van der Waals surface area contributed by atoms with Gasteiger partial charge in [-0.05, 0) is 43.9 Å². The number of carbonyl (C=O) groups is 3. The maximum atomic E-state index is 12.5. The van der Waals surface area contributed by atoms with E-state index in [1.165, 1.54) is 23.6 Å². The molecule has 0 spiro atoms. The first-order chi connectivity index (χ1) is 13.9. The van der Waals surface area contributed by atoms with E-state index < -0.39 is 24.5 Å². The van der Waals surface area contributed by atoms with Gasteiger partial charge in [0.25, 0.3) is 5.91 Å². The number of aromatic nitrogens is 1. The van der Waals surface area contributed by atoms with Crippen molar-refractivity contribution in [1.29, 1.82) is 0 Å². The van der Waals surface area contributed by atoms with Gasteiger partial charge in [0.05, 0.1) is 12.2 Å². The third kappa shape index (κ3) is 6.12. The molecule has 0 saturated carbocycles. The number of nitrogens with zero attached hydrogens (tertiary/aromatic N) is 1. The summed E-state index contributed by atoms with van der Waals surface area (Å²) in [5.74, 6) is -1.29. The molecule has 0 aliphatic carbocycles. The van der Waals surface area contributed by atoms with Crippen LogP contribution in [0.5, 0.6) is 0 Å². The zero-order valence-corrected chi connectivity index (χ0v) is 17.9. The van der Waals surface area contributed by atoms with Crippen LogP contribution >= 0.6 is 11.3 Å². The maximum Gasteiger partial charge on any atom is 0.357 e. The molecule has 156 valence electrons. The van der Waals surface area contributed by atoms with Crippen LogP contribution in [0.2, 0.25) is 0 Å². The Kier molecular flexibility index (Phi) is 8.33. The first-order valence-electron chi connectivity index (χ1n) is 9.54. The topological polar surface area (TPSA) is 94.6 Å². The second kappa shape index (κ2) is 10.7. The first kappa shape index (κ1) is 22.5. The number of carbonyl (C=O) groups excluding carboxylic acids is 3. The Morgan fingerprint density at radius 1 is 1.17 bits per heavy atom. The second-order valence-electron chi connectivity index (χ2n) is 6.62. The minimum absolute atomic E-state index is 0.121. The van der Waals surface area contributed by atoms with Crippen LogP contribution < -0.4 is 5.32 Å². The predicted octanol–water partition coefficient (Wildman–Crippen LogP) is 4.01. The number of thiophene rings is 1. The molecule has 29 heavy (non-hydrogen) atoms. The minimum atomic E-state index is -0.689. The molecular weight excluding hydrogens is 392 g/mol. The molecule has 0 unspecified atom stereocenters. The Hall–Kier alpha value is -2.74. The van der Waals surface area contributed by atoms with Crippen molar-refractivity contribution in [2.24, 2.45) is 5.92 Å². The number of esters is 2. The van der Waals surface area contributed by atoms with Gasteiger partial charge in [0.1, 0.15) is 10.7 Å². The highest BCUT2D eigenvalue weighted by atomic mass is 32.1. The summed E-state index contributed by atoms with van der Waals surface area (Å²) in [7, 11) is 0. The Balaban J connectivity index is 2.13. The Bertz CT molecular complexity index is 863. The van der Waals surface area contributed by atoms with E-state index in [0.717, 1.165) is 23.3 Å². The lowest BCUT2D eigenvalue weighted by atomic mass is 9.96. The molecule has 7 nitrogen and oxygen atoms in total. The lowest BCUT2D eigenvalue weighted by Gasteiger charge is -2.12. The molecule has 1 atom stereocenters. The highest BCUT2D eigenvalue weighted by molar-refractivity contribution is 7.16. The summed E-state index contributed by atoms with van der Waals surface area (Å²) < 4.78 is 10.2. The van der Waals surface area contributed by atoms with Gasteiger partial charge in [-0.2, -0.15) is 0 Å². The average molecular weight is 419 g/mol. The standard InChI is InChI=1S/C21H26N2O5S/c1-5-13(3)11-15-14(4)29-19(18(15)21(26)27-6-2)23-17(24)12-28-20(25)16-9-7-8-10-22-16/h7-10,13H,5-6,11-12H2,1-4H3,(H,23,24)/t13-/m1/s1. The molecule has 0 bridgehead atoms.